The van der Waals surface area contributed by atoms with Crippen molar-refractivity contribution in [1.82, 2.24) is 0 Å². The second-order valence-corrected chi connectivity index (χ2v) is 8.22. The number of methoxy groups -OCH3 is 1. The Morgan fingerprint density at radius 1 is 1.30 bits per heavy atom. The third kappa shape index (κ3) is 4.84. The summed E-state index contributed by atoms with van der Waals surface area (Å²) in [6.45, 7) is 2.72. The number of anilines is 2. The van der Waals surface area contributed by atoms with Crippen molar-refractivity contribution in [3.8, 4) is 5.75 Å². The van der Waals surface area contributed by atoms with Gasteiger partial charge in [0.25, 0.3) is 0 Å². The molecule has 1 fully saturated rings. The Morgan fingerprint density at radius 2 is 2.11 bits per heavy atom. The molecular formula is C20H21BrN2O3S. The minimum absolute atomic E-state index is 0.0885. The van der Waals surface area contributed by atoms with Crippen LogP contribution in [0, 0.1) is 6.92 Å². The predicted octanol–water partition coefficient (Wildman–Crippen LogP) is 4.62. The fourth-order valence-corrected chi connectivity index (χ4v) is 4.28. The molecular weight excluding hydrogens is 428 g/mol. The van der Waals surface area contributed by atoms with E-state index in [9.17, 15) is 9.59 Å². The number of aryl methyl sites for hydroxylation is 1. The molecule has 3 rings (SSSR count). The van der Waals surface area contributed by atoms with E-state index >= 15 is 0 Å². The molecule has 1 N–H and O–H groups in total. The van der Waals surface area contributed by atoms with Gasteiger partial charge in [0, 0.05) is 34.1 Å². The number of rotatable bonds is 6. The molecule has 0 spiro atoms. The summed E-state index contributed by atoms with van der Waals surface area (Å²) in [5.41, 5.74) is 2.53. The molecule has 0 unspecified atom stereocenters. The van der Waals surface area contributed by atoms with E-state index in [1.54, 1.807) is 24.1 Å². The van der Waals surface area contributed by atoms with Crippen LogP contribution in [0.3, 0.4) is 0 Å². The Balaban J connectivity index is 1.64. The molecule has 1 aliphatic rings. The number of halogens is 1. The standard InChI is InChI=1S/C20H21BrN2O3S/c1-13-10-14(21)5-8-18(13)27-12-19(24)22-15-6-7-16(17(11-15)26-2)23-9-3-4-20(23)25/h5-8,10-11H,3-4,9,12H2,1-2H3,(H,22,24). The topological polar surface area (TPSA) is 58.6 Å². The molecule has 1 aliphatic heterocycles. The van der Waals surface area contributed by atoms with E-state index < -0.39 is 0 Å². The Morgan fingerprint density at radius 3 is 2.78 bits per heavy atom. The van der Waals surface area contributed by atoms with Crippen molar-refractivity contribution in [3.05, 3.63) is 46.4 Å². The lowest BCUT2D eigenvalue weighted by Crippen LogP contribution is -2.24. The Bertz CT molecular complexity index is 872. The van der Waals surface area contributed by atoms with Crippen molar-refractivity contribution in [2.24, 2.45) is 0 Å². The average molecular weight is 449 g/mol. The van der Waals surface area contributed by atoms with Crippen LogP contribution >= 0.6 is 27.7 Å². The van der Waals surface area contributed by atoms with Crippen LogP contribution in [-0.2, 0) is 9.59 Å². The van der Waals surface area contributed by atoms with Crippen LogP contribution in [0.5, 0.6) is 5.75 Å². The van der Waals surface area contributed by atoms with E-state index in [0.29, 0.717) is 30.2 Å². The predicted molar refractivity (Wildman–Crippen MR) is 113 cm³/mol. The van der Waals surface area contributed by atoms with Crippen LogP contribution in [0.2, 0.25) is 0 Å². The van der Waals surface area contributed by atoms with E-state index in [1.807, 2.05) is 31.2 Å². The van der Waals surface area contributed by atoms with Crippen LogP contribution in [0.1, 0.15) is 18.4 Å². The van der Waals surface area contributed by atoms with E-state index in [-0.39, 0.29) is 11.8 Å². The summed E-state index contributed by atoms with van der Waals surface area (Å²) >= 11 is 4.94. The number of nitrogens with one attached hydrogen (secondary N) is 1. The van der Waals surface area contributed by atoms with Gasteiger partial charge in [0.05, 0.1) is 18.6 Å². The first kappa shape index (κ1) is 19.8. The molecule has 5 nitrogen and oxygen atoms in total. The van der Waals surface area contributed by atoms with Gasteiger partial charge in [0.15, 0.2) is 0 Å². The summed E-state index contributed by atoms with van der Waals surface area (Å²) < 4.78 is 6.46. The molecule has 2 aromatic carbocycles. The zero-order chi connectivity index (χ0) is 19.4. The maximum absolute atomic E-state index is 12.3. The molecule has 1 heterocycles. The Hall–Kier alpha value is -1.99. The van der Waals surface area contributed by atoms with Gasteiger partial charge < -0.3 is 15.0 Å². The number of hydrogen-bond donors (Lipinski definition) is 1. The van der Waals surface area contributed by atoms with Crippen molar-refractivity contribution in [2.75, 3.05) is 29.6 Å². The van der Waals surface area contributed by atoms with Crippen LogP contribution in [0.4, 0.5) is 11.4 Å². The molecule has 0 atom stereocenters. The van der Waals surface area contributed by atoms with Crippen LogP contribution in [0.15, 0.2) is 45.8 Å². The summed E-state index contributed by atoms with van der Waals surface area (Å²) in [6, 6.07) is 11.4. The zero-order valence-corrected chi connectivity index (χ0v) is 17.7. The van der Waals surface area contributed by atoms with Gasteiger partial charge in [0.1, 0.15) is 5.75 Å². The molecule has 0 aliphatic carbocycles. The first-order valence-electron chi connectivity index (χ1n) is 8.65. The summed E-state index contributed by atoms with van der Waals surface area (Å²) in [7, 11) is 1.57. The number of carbonyl (C=O) groups is 2. The second-order valence-electron chi connectivity index (χ2n) is 6.28. The first-order chi connectivity index (χ1) is 13.0. The lowest BCUT2D eigenvalue weighted by Gasteiger charge is -2.19. The molecule has 27 heavy (non-hydrogen) atoms. The normalized spacial score (nSPS) is 13.7. The van der Waals surface area contributed by atoms with Crippen molar-refractivity contribution >= 4 is 50.9 Å². The molecule has 0 saturated carbocycles. The van der Waals surface area contributed by atoms with E-state index in [4.69, 9.17) is 4.74 Å². The highest BCUT2D eigenvalue weighted by Gasteiger charge is 2.24. The molecule has 142 valence electrons. The minimum atomic E-state index is -0.0885. The highest BCUT2D eigenvalue weighted by Crippen LogP contribution is 2.34. The third-order valence-electron chi connectivity index (χ3n) is 4.32. The van der Waals surface area contributed by atoms with Crippen molar-refractivity contribution < 1.29 is 14.3 Å². The summed E-state index contributed by atoms with van der Waals surface area (Å²) in [6.07, 6.45) is 1.42. The number of nitrogens with zero attached hydrogens (tertiary/aromatic N) is 1. The van der Waals surface area contributed by atoms with Crippen molar-refractivity contribution in [1.29, 1.82) is 0 Å². The summed E-state index contributed by atoms with van der Waals surface area (Å²) in [5.74, 6) is 0.914. The molecule has 0 radical (unpaired) electrons. The van der Waals surface area contributed by atoms with Gasteiger partial charge in [-0.2, -0.15) is 0 Å². The molecule has 0 bridgehead atoms. The maximum atomic E-state index is 12.3. The molecule has 2 amide bonds. The smallest absolute Gasteiger partial charge is 0.234 e. The Labute approximate surface area is 171 Å². The van der Waals surface area contributed by atoms with Crippen LogP contribution < -0.4 is 15.0 Å². The van der Waals surface area contributed by atoms with E-state index in [2.05, 4.69) is 21.2 Å². The minimum Gasteiger partial charge on any atom is -0.494 e. The second kappa shape index (κ2) is 8.80. The quantitative estimate of drug-likeness (QED) is 0.654. The van der Waals surface area contributed by atoms with Crippen molar-refractivity contribution in [2.45, 2.75) is 24.7 Å². The lowest BCUT2D eigenvalue weighted by atomic mass is 10.2. The lowest BCUT2D eigenvalue weighted by molar-refractivity contribution is -0.117. The number of thioether (sulfide) groups is 1. The number of ether oxygens (including phenoxy) is 1. The van der Waals surface area contributed by atoms with E-state index in [0.717, 1.165) is 27.0 Å². The van der Waals surface area contributed by atoms with E-state index in [1.165, 1.54) is 11.8 Å². The average Bonchev–Trinajstić information content (AvgIpc) is 3.06. The van der Waals surface area contributed by atoms with Gasteiger partial charge in [-0.1, -0.05) is 15.9 Å². The molecule has 1 saturated heterocycles. The van der Waals surface area contributed by atoms with Crippen molar-refractivity contribution in [3.63, 3.8) is 0 Å². The fraction of sp³-hybridized carbons (Fsp3) is 0.300. The highest BCUT2D eigenvalue weighted by atomic mass is 79.9. The molecule has 0 aromatic heterocycles. The number of carbonyl (C=O) groups excluding carboxylic acids is 2. The molecule has 7 heteroatoms. The molecule has 2 aromatic rings. The van der Waals surface area contributed by atoms with Crippen LogP contribution in [0.25, 0.3) is 0 Å². The third-order valence-corrected chi connectivity index (χ3v) is 5.99. The van der Waals surface area contributed by atoms with Gasteiger partial charge >= 0.3 is 0 Å². The monoisotopic (exact) mass is 448 g/mol. The largest absolute Gasteiger partial charge is 0.494 e. The SMILES string of the molecule is COc1cc(NC(=O)CSc2ccc(Br)cc2C)ccc1N1CCCC1=O. The maximum Gasteiger partial charge on any atom is 0.234 e. The van der Waals surface area contributed by atoms with Gasteiger partial charge in [-0.05, 0) is 49.2 Å². The summed E-state index contributed by atoms with van der Waals surface area (Å²) in [4.78, 5) is 27.1. The van der Waals surface area contributed by atoms with Gasteiger partial charge in [-0.25, -0.2) is 0 Å². The first-order valence-corrected chi connectivity index (χ1v) is 10.4. The number of amides is 2. The van der Waals surface area contributed by atoms with Gasteiger partial charge in [0.2, 0.25) is 11.8 Å². The Kier molecular flexibility index (Phi) is 6.44. The number of benzene rings is 2. The summed E-state index contributed by atoms with van der Waals surface area (Å²) in [5, 5.41) is 2.89. The van der Waals surface area contributed by atoms with Gasteiger partial charge in [-0.15, -0.1) is 11.8 Å². The highest BCUT2D eigenvalue weighted by molar-refractivity contribution is 9.10. The fourth-order valence-electron chi connectivity index (χ4n) is 3.00. The van der Waals surface area contributed by atoms with Crippen LogP contribution in [-0.4, -0.2) is 31.2 Å². The number of hydrogen-bond acceptors (Lipinski definition) is 4. The zero-order valence-electron chi connectivity index (χ0n) is 15.3. The van der Waals surface area contributed by atoms with Gasteiger partial charge in [-0.3, -0.25) is 9.59 Å².